The van der Waals surface area contributed by atoms with Gasteiger partial charge in [-0.05, 0) is 24.6 Å². The molecule has 1 heterocycles. The van der Waals surface area contributed by atoms with E-state index < -0.39 is 4.92 Å². The number of non-ortho nitro benzene ring substituents is 1. The molecule has 0 fully saturated rings. The number of nitrogens with zero attached hydrogens (tertiary/aromatic N) is 3. The zero-order valence-electron chi connectivity index (χ0n) is 9.94. The average Bonchev–Trinajstić information content (AvgIpc) is 2.40. The van der Waals surface area contributed by atoms with Gasteiger partial charge in [-0.3, -0.25) is 14.9 Å². The summed E-state index contributed by atoms with van der Waals surface area (Å²) in [4.78, 5) is 25.3. The second-order valence-electron chi connectivity index (χ2n) is 3.74. The van der Waals surface area contributed by atoms with E-state index >= 15 is 0 Å². The van der Waals surface area contributed by atoms with Crippen molar-refractivity contribution in [3.05, 3.63) is 39.9 Å². The molecular formula is C11H10N4O3S. The molecular weight excluding hydrogens is 268 g/mol. The maximum atomic E-state index is 11.2. The van der Waals surface area contributed by atoms with E-state index in [4.69, 9.17) is 0 Å². The molecule has 2 rings (SSSR count). The fraction of sp³-hybridized carbons (Fsp3) is 0.182. The first-order chi connectivity index (χ1) is 9.06. The van der Waals surface area contributed by atoms with Crippen LogP contribution in [0, 0.1) is 10.1 Å². The number of nitrogens with one attached hydrogen (secondary N) is 1. The van der Waals surface area contributed by atoms with Crippen molar-refractivity contribution in [1.29, 1.82) is 0 Å². The molecule has 1 atom stereocenters. The van der Waals surface area contributed by atoms with Gasteiger partial charge in [0.05, 0.1) is 10.2 Å². The van der Waals surface area contributed by atoms with Gasteiger partial charge in [-0.25, -0.2) is 10.4 Å². The number of amidine groups is 1. The Kier molecular flexibility index (Phi) is 3.91. The Balaban J connectivity index is 2.06. The van der Waals surface area contributed by atoms with Crippen molar-refractivity contribution in [3.8, 4) is 0 Å². The molecule has 0 aliphatic carbocycles. The van der Waals surface area contributed by atoms with Crippen LogP contribution in [-0.2, 0) is 4.79 Å². The molecule has 0 saturated heterocycles. The molecule has 1 unspecified atom stereocenters. The number of hydrogen-bond donors (Lipinski definition) is 1. The third kappa shape index (κ3) is 3.38. The monoisotopic (exact) mass is 278 g/mol. The summed E-state index contributed by atoms with van der Waals surface area (Å²) in [5.74, 6) is -0.153. The Labute approximate surface area is 112 Å². The maximum absolute atomic E-state index is 11.2. The van der Waals surface area contributed by atoms with Crippen LogP contribution in [0.5, 0.6) is 0 Å². The van der Waals surface area contributed by atoms with Crippen LogP contribution in [0.3, 0.4) is 0 Å². The Bertz CT molecular complexity index is 568. The third-order valence-electron chi connectivity index (χ3n) is 2.34. The Morgan fingerprint density at radius 1 is 1.47 bits per heavy atom. The number of benzene rings is 1. The molecule has 1 aromatic carbocycles. The predicted octanol–water partition coefficient (Wildman–Crippen LogP) is 1.54. The van der Waals surface area contributed by atoms with Gasteiger partial charge >= 0.3 is 0 Å². The lowest BCUT2D eigenvalue weighted by atomic mass is 10.2. The van der Waals surface area contributed by atoms with Crippen molar-refractivity contribution in [2.75, 3.05) is 0 Å². The lowest BCUT2D eigenvalue weighted by Gasteiger charge is -2.13. The van der Waals surface area contributed by atoms with E-state index in [1.165, 1.54) is 23.9 Å². The topological polar surface area (TPSA) is 97.0 Å². The van der Waals surface area contributed by atoms with Crippen molar-refractivity contribution in [1.82, 2.24) is 5.43 Å². The van der Waals surface area contributed by atoms with E-state index in [9.17, 15) is 14.9 Å². The molecule has 0 aromatic heterocycles. The molecule has 1 amide bonds. The molecule has 19 heavy (non-hydrogen) atoms. The van der Waals surface area contributed by atoms with Crippen LogP contribution in [0.15, 0.2) is 34.4 Å². The number of nitro groups is 1. The van der Waals surface area contributed by atoms with Crippen LogP contribution in [0.2, 0.25) is 0 Å². The predicted molar refractivity (Wildman–Crippen MR) is 73.3 cm³/mol. The molecule has 1 aliphatic rings. The molecule has 0 radical (unpaired) electrons. The first-order valence-corrected chi connectivity index (χ1v) is 6.27. The summed E-state index contributed by atoms with van der Waals surface area (Å²) in [5, 5.41) is 14.5. The lowest BCUT2D eigenvalue weighted by molar-refractivity contribution is -0.384. The zero-order valence-corrected chi connectivity index (χ0v) is 10.8. The van der Waals surface area contributed by atoms with E-state index in [1.54, 1.807) is 25.3 Å². The third-order valence-corrected chi connectivity index (χ3v) is 3.32. The average molecular weight is 278 g/mol. The van der Waals surface area contributed by atoms with Crippen LogP contribution in [0.4, 0.5) is 5.69 Å². The molecule has 98 valence electrons. The van der Waals surface area contributed by atoms with Crippen molar-refractivity contribution < 1.29 is 9.72 Å². The largest absolute Gasteiger partial charge is 0.272 e. The van der Waals surface area contributed by atoms with E-state index in [0.717, 1.165) is 5.56 Å². The van der Waals surface area contributed by atoms with Crippen LogP contribution in [-0.4, -0.2) is 27.5 Å². The molecule has 0 spiro atoms. The fourth-order valence-electron chi connectivity index (χ4n) is 1.30. The van der Waals surface area contributed by atoms with Gasteiger partial charge in [0.1, 0.15) is 0 Å². The van der Waals surface area contributed by atoms with Crippen LogP contribution in [0.25, 0.3) is 0 Å². The normalized spacial score (nSPS) is 19.1. The second kappa shape index (κ2) is 5.61. The number of nitro benzene ring substituents is 1. The summed E-state index contributed by atoms with van der Waals surface area (Å²) in [6.45, 7) is 1.76. The molecule has 1 N–H and O–H groups in total. The number of amides is 1. The highest BCUT2D eigenvalue weighted by molar-refractivity contribution is 8.15. The van der Waals surface area contributed by atoms with Crippen molar-refractivity contribution >= 4 is 34.7 Å². The minimum Gasteiger partial charge on any atom is -0.272 e. The van der Waals surface area contributed by atoms with Gasteiger partial charge in [0.2, 0.25) is 5.17 Å². The van der Waals surface area contributed by atoms with E-state index in [-0.39, 0.29) is 16.8 Å². The zero-order chi connectivity index (χ0) is 13.8. The number of hydrogen-bond acceptors (Lipinski definition) is 6. The summed E-state index contributed by atoms with van der Waals surface area (Å²) in [6, 6.07) is 6.00. The van der Waals surface area contributed by atoms with Gasteiger partial charge in [-0.15, -0.1) is 5.10 Å². The maximum Gasteiger partial charge on any atom is 0.269 e. The lowest BCUT2D eigenvalue weighted by Crippen LogP contribution is -2.32. The second-order valence-corrected chi connectivity index (χ2v) is 5.05. The van der Waals surface area contributed by atoms with Gasteiger partial charge in [0, 0.05) is 18.3 Å². The molecule has 1 aromatic rings. The van der Waals surface area contributed by atoms with Gasteiger partial charge in [0.15, 0.2) is 0 Å². The summed E-state index contributed by atoms with van der Waals surface area (Å²) >= 11 is 1.25. The van der Waals surface area contributed by atoms with Crippen LogP contribution >= 0.6 is 11.8 Å². The van der Waals surface area contributed by atoms with E-state index in [1.807, 2.05) is 0 Å². The Morgan fingerprint density at radius 3 is 2.74 bits per heavy atom. The smallest absolute Gasteiger partial charge is 0.269 e. The highest BCUT2D eigenvalue weighted by Gasteiger charge is 2.20. The number of carbonyl (C=O) groups excluding carboxylic acids is 1. The van der Waals surface area contributed by atoms with Crippen LogP contribution in [0.1, 0.15) is 12.5 Å². The minimum atomic E-state index is -0.459. The Morgan fingerprint density at radius 2 is 2.16 bits per heavy atom. The summed E-state index contributed by atoms with van der Waals surface area (Å²) in [7, 11) is 0. The quantitative estimate of drug-likeness (QED) is 0.504. The van der Waals surface area contributed by atoms with Crippen molar-refractivity contribution in [2.24, 2.45) is 10.1 Å². The van der Waals surface area contributed by atoms with Crippen LogP contribution < -0.4 is 5.43 Å². The van der Waals surface area contributed by atoms with E-state index in [0.29, 0.717) is 5.17 Å². The first-order valence-electron chi connectivity index (χ1n) is 5.39. The molecule has 0 saturated carbocycles. The number of hydrazone groups is 1. The highest BCUT2D eigenvalue weighted by atomic mass is 32.2. The van der Waals surface area contributed by atoms with Gasteiger partial charge in [-0.1, -0.05) is 11.8 Å². The minimum absolute atomic E-state index is 0.0300. The standard InChI is InChI=1S/C11H10N4O3S/c1-7-10(16)13-14-11(19-7)12-6-8-2-4-9(5-3-8)15(17)18/h2-7H,1H3,(H,13,16)/b12-6+. The van der Waals surface area contributed by atoms with Crippen molar-refractivity contribution in [3.63, 3.8) is 0 Å². The van der Waals surface area contributed by atoms with Gasteiger partial charge in [-0.2, -0.15) is 0 Å². The van der Waals surface area contributed by atoms with Crippen molar-refractivity contribution in [2.45, 2.75) is 12.2 Å². The van der Waals surface area contributed by atoms with Gasteiger partial charge in [0.25, 0.3) is 11.6 Å². The SMILES string of the molecule is CC1SC(/N=C/c2ccc([N+](=O)[O-])cc2)=NNC1=O. The molecule has 7 nitrogen and oxygen atoms in total. The number of carbonyl (C=O) groups is 1. The summed E-state index contributed by atoms with van der Waals surface area (Å²) in [5.41, 5.74) is 3.12. The number of rotatable bonds is 2. The van der Waals surface area contributed by atoms with Gasteiger partial charge < -0.3 is 0 Å². The first kappa shape index (κ1) is 13.2. The number of aliphatic imine (C=N–C) groups is 1. The number of thioether (sulfide) groups is 1. The fourth-order valence-corrected chi connectivity index (χ4v) is 1.99. The molecule has 1 aliphatic heterocycles. The summed E-state index contributed by atoms with van der Waals surface area (Å²) in [6.07, 6.45) is 1.54. The Hall–Kier alpha value is -2.22. The molecule has 8 heteroatoms. The summed E-state index contributed by atoms with van der Waals surface area (Å²) < 4.78 is 0. The highest BCUT2D eigenvalue weighted by Crippen LogP contribution is 2.17. The van der Waals surface area contributed by atoms with E-state index in [2.05, 4.69) is 15.5 Å². The molecule has 0 bridgehead atoms.